The molecule has 0 bridgehead atoms. The van der Waals surface area contributed by atoms with E-state index in [2.05, 4.69) is 5.32 Å². The summed E-state index contributed by atoms with van der Waals surface area (Å²) in [5.41, 5.74) is 1.70. The molecule has 0 fully saturated rings. The zero-order valence-corrected chi connectivity index (χ0v) is 18.8. The Morgan fingerprint density at radius 1 is 0.844 bits per heavy atom. The number of rotatable bonds is 10. The molecule has 8 heteroatoms. The van der Waals surface area contributed by atoms with Crippen molar-refractivity contribution in [3.05, 3.63) is 90.0 Å². The first-order valence-corrected chi connectivity index (χ1v) is 11.4. The maximum atomic E-state index is 13.5. The molecule has 3 aromatic carbocycles. The minimum absolute atomic E-state index is 0.0157. The van der Waals surface area contributed by atoms with Gasteiger partial charge in [0.05, 0.1) is 25.7 Å². The predicted molar refractivity (Wildman–Crippen MR) is 122 cm³/mol. The van der Waals surface area contributed by atoms with Crippen LogP contribution in [0.4, 0.5) is 0 Å². The molecule has 0 saturated heterocycles. The summed E-state index contributed by atoms with van der Waals surface area (Å²) in [7, 11) is -1.08. The number of amides is 1. The summed E-state index contributed by atoms with van der Waals surface area (Å²) in [5.74, 6) is 0.317. The quantitative estimate of drug-likeness (QED) is 0.509. The predicted octanol–water partition coefficient (Wildman–Crippen LogP) is 3.21. The molecule has 1 amide bonds. The maximum absolute atomic E-state index is 13.5. The molecule has 0 unspecified atom stereocenters. The Balaban J connectivity index is 1.85. The highest BCUT2D eigenvalue weighted by molar-refractivity contribution is 7.89. The van der Waals surface area contributed by atoms with Gasteiger partial charge in [0.1, 0.15) is 0 Å². The summed E-state index contributed by atoms with van der Waals surface area (Å²) in [6, 6.07) is 22.9. The van der Waals surface area contributed by atoms with Crippen LogP contribution in [0.2, 0.25) is 0 Å². The summed E-state index contributed by atoms with van der Waals surface area (Å²) in [6.07, 6.45) is 0. The fraction of sp³-hybridized carbons (Fsp3) is 0.208. The molecular weight excluding hydrogens is 428 g/mol. The van der Waals surface area contributed by atoms with Crippen molar-refractivity contribution in [3.63, 3.8) is 0 Å². The molecule has 1 N–H and O–H groups in total. The average Bonchev–Trinajstić information content (AvgIpc) is 2.83. The van der Waals surface area contributed by atoms with Crippen LogP contribution in [0.5, 0.6) is 11.5 Å². The van der Waals surface area contributed by atoms with Crippen LogP contribution >= 0.6 is 0 Å². The zero-order valence-electron chi connectivity index (χ0n) is 18.0. The summed E-state index contributed by atoms with van der Waals surface area (Å²) >= 11 is 0. The summed E-state index contributed by atoms with van der Waals surface area (Å²) < 4.78 is 38.5. The van der Waals surface area contributed by atoms with Crippen LogP contribution in [0.15, 0.2) is 83.8 Å². The lowest BCUT2D eigenvalue weighted by molar-refractivity contribution is -0.121. The molecule has 0 spiro atoms. The fourth-order valence-electron chi connectivity index (χ4n) is 3.15. The van der Waals surface area contributed by atoms with E-state index in [1.807, 2.05) is 60.7 Å². The number of sulfonamides is 1. The number of carbonyl (C=O) groups excluding carboxylic acids is 1. The van der Waals surface area contributed by atoms with Crippen molar-refractivity contribution >= 4 is 15.9 Å². The average molecular weight is 455 g/mol. The molecule has 0 saturated carbocycles. The van der Waals surface area contributed by atoms with Crippen LogP contribution in [-0.4, -0.2) is 39.4 Å². The molecule has 0 radical (unpaired) electrons. The largest absolute Gasteiger partial charge is 0.493 e. The third kappa shape index (κ3) is 5.87. The number of hydrogen-bond acceptors (Lipinski definition) is 5. The Morgan fingerprint density at radius 3 is 2.03 bits per heavy atom. The van der Waals surface area contributed by atoms with Gasteiger partial charge in [-0.1, -0.05) is 60.7 Å². The lowest BCUT2D eigenvalue weighted by atomic mass is 10.2. The molecule has 168 valence electrons. The van der Waals surface area contributed by atoms with E-state index in [1.54, 1.807) is 0 Å². The summed E-state index contributed by atoms with van der Waals surface area (Å²) in [6.45, 7) is 0.0456. The molecule has 0 aliphatic carbocycles. The van der Waals surface area contributed by atoms with Gasteiger partial charge in [-0.05, 0) is 23.3 Å². The van der Waals surface area contributed by atoms with Crippen molar-refractivity contribution in [1.29, 1.82) is 0 Å². The summed E-state index contributed by atoms with van der Waals surface area (Å²) in [4.78, 5) is 12.7. The molecule has 0 heterocycles. The number of nitrogens with one attached hydrogen (secondary N) is 1. The smallest absolute Gasteiger partial charge is 0.243 e. The van der Waals surface area contributed by atoms with Crippen molar-refractivity contribution in [2.75, 3.05) is 20.8 Å². The van der Waals surface area contributed by atoms with E-state index in [0.29, 0.717) is 18.0 Å². The van der Waals surface area contributed by atoms with Crippen molar-refractivity contribution in [2.45, 2.75) is 18.0 Å². The Kier molecular flexibility index (Phi) is 7.86. The SMILES string of the molecule is COc1ccc(S(=O)(=O)N(CC(=O)NCc2ccccc2)Cc2ccccc2)cc1OC. The highest BCUT2D eigenvalue weighted by Gasteiger charge is 2.28. The normalized spacial score (nSPS) is 11.2. The van der Waals surface area contributed by atoms with Gasteiger partial charge in [-0.15, -0.1) is 0 Å². The standard InChI is InChI=1S/C24H26N2O5S/c1-30-22-14-13-21(15-23(22)31-2)32(28,29)26(17-20-11-7-4-8-12-20)18-24(27)25-16-19-9-5-3-6-10-19/h3-15H,16-18H2,1-2H3,(H,25,27). The van der Waals surface area contributed by atoms with Crippen LogP contribution in [0.1, 0.15) is 11.1 Å². The molecule has 0 aromatic heterocycles. The lowest BCUT2D eigenvalue weighted by Gasteiger charge is -2.22. The molecule has 0 atom stereocenters. The Hall–Kier alpha value is -3.36. The number of carbonyl (C=O) groups is 1. The molecule has 3 rings (SSSR count). The topological polar surface area (TPSA) is 84.9 Å². The third-order valence-corrected chi connectivity index (χ3v) is 6.63. The second-order valence-electron chi connectivity index (χ2n) is 7.04. The fourth-order valence-corrected chi connectivity index (χ4v) is 4.55. The van der Waals surface area contributed by atoms with Gasteiger partial charge < -0.3 is 14.8 Å². The van der Waals surface area contributed by atoms with Crippen LogP contribution in [0, 0.1) is 0 Å². The first kappa shape index (κ1) is 23.3. The maximum Gasteiger partial charge on any atom is 0.243 e. The molecule has 32 heavy (non-hydrogen) atoms. The van der Waals surface area contributed by atoms with E-state index in [9.17, 15) is 13.2 Å². The van der Waals surface area contributed by atoms with Crippen LogP contribution in [0.25, 0.3) is 0 Å². The molecule has 3 aromatic rings. The van der Waals surface area contributed by atoms with Crippen LogP contribution < -0.4 is 14.8 Å². The van der Waals surface area contributed by atoms with Gasteiger partial charge in [-0.3, -0.25) is 4.79 Å². The number of benzene rings is 3. The van der Waals surface area contributed by atoms with Gasteiger partial charge in [0.2, 0.25) is 15.9 Å². The second-order valence-corrected chi connectivity index (χ2v) is 8.98. The monoisotopic (exact) mass is 454 g/mol. The zero-order chi connectivity index (χ0) is 23.0. The Labute approximate surface area is 188 Å². The number of hydrogen-bond donors (Lipinski definition) is 1. The first-order chi connectivity index (χ1) is 15.4. The highest BCUT2D eigenvalue weighted by Crippen LogP contribution is 2.31. The highest BCUT2D eigenvalue weighted by atomic mass is 32.2. The van der Waals surface area contributed by atoms with Gasteiger partial charge in [0, 0.05) is 19.2 Å². The number of ether oxygens (including phenoxy) is 2. The van der Waals surface area contributed by atoms with E-state index in [0.717, 1.165) is 15.4 Å². The van der Waals surface area contributed by atoms with Crippen LogP contribution in [0.3, 0.4) is 0 Å². The van der Waals surface area contributed by atoms with Gasteiger partial charge >= 0.3 is 0 Å². The van der Waals surface area contributed by atoms with Gasteiger partial charge in [0.15, 0.2) is 11.5 Å². The molecular formula is C24H26N2O5S. The van der Waals surface area contributed by atoms with Gasteiger partial charge in [-0.25, -0.2) is 8.42 Å². The van der Waals surface area contributed by atoms with Crippen molar-refractivity contribution in [2.24, 2.45) is 0 Å². The summed E-state index contributed by atoms with van der Waals surface area (Å²) in [5, 5.41) is 2.79. The van der Waals surface area contributed by atoms with E-state index < -0.39 is 15.9 Å². The molecule has 7 nitrogen and oxygen atoms in total. The number of methoxy groups -OCH3 is 2. The minimum atomic E-state index is -4.00. The van der Waals surface area contributed by atoms with Gasteiger partial charge in [0.25, 0.3) is 0 Å². The Morgan fingerprint density at radius 2 is 1.44 bits per heavy atom. The number of nitrogens with zero attached hydrogens (tertiary/aromatic N) is 1. The minimum Gasteiger partial charge on any atom is -0.493 e. The molecule has 0 aliphatic heterocycles. The van der Waals surface area contributed by atoms with E-state index in [4.69, 9.17) is 9.47 Å². The second kappa shape index (κ2) is 10.8. The lowest BCUT2D eigenvalue weighted by Crippen LogP contribution is -2.40. The van der Waals surface area contributed by atoms with Crippen molar-refractivity contribution in [1.82, 2.24) is 9.62 Å². The first-order valence-electron chi connectivity index (χ1n) is 10.0. The van der Waals surface area contributed by atoms with Crippen LogP contribution in [-0.2, 0) is 27.9 Å². The Bertz CT molecular complexity index is 1140. The molecule has 0 aliphatic rings. The van der Waals surface area contributed by atoms with E-state index in [1.165, 1.54) is 32.4 Å². The van der Waals surface area contributed by atoms with Crippen molar-refractivity contribution in [3.8, 4) is 11.5 Å². The van der Waals surface area contributed by atoms with Crippen molar-refractivity contribution < 1.29 is 22.7 Å². The van der Waals surface area contributed by atoms with E-state index >= 15 is 0 Å². The third-order valence-electron chi connectivity index (χ3n) is 4.85. The van der Waals surface area contributed by atoms with E-state index in [-0.39, 0.29) is 18.0 Å². The van der Waals surface area contributed by atoms with Gasteiger partial charge in [-0.2, -0.15) is 4.31 Å².